The van der Waals surface area contributed by atoms with E-state index in [1.54, 1.807) is 17.1 Å². The summed E-state index contributed by atoms with van der Waals surface area (Å²) in [6.07, 6.45) is 3.49. The Morgan fingerprint density at radius 2 is 2.17 bits per heavy atom. The van der Waals surface area contributed by atoms with E-state index in [-0.39, 0.29) is 18.1 Å². The number of carbonyl (C=O) groups is 1. The highest BCUT2D eigenvalue weighted by Crippen LogP contribution is 2.19. The molecule has 0 radical (unpaired) electrons. The van der Waals surface area contributed by atoms with Crippen molar-refractivity contribution in [2.75, 3.05) is 18.8 Å². The minimum absolute atomic E-state index is 0.0633. The predicted octanol–water partition coefficient (Wildman–Crippen LogP) is 0.785. The van der Waals surface area contributed by atoms with Crippen LogP contribution in [0.2, 0.25) is 0 Å². The van der Waals surface area contributed by atoms with Crippen LogP contribution in [0.15, 0.2) is 29.7 Å². The van der Waals surface area contributed by atoms with Crippen molar-refractivity contribution in [2.24, 2.45) is 0 Å². The van der Waals surface area contributed by atoms with Gasteiger partial charge in [0, 0.05) is 19.3 Å². The number of tetrazole rings is 1. The second-order valence-electron chi connectivity index (χ2n) is 5.43. The Balaban J connectivity index is 1.63. The van der Waals surface area contributed by atoms with Crippen molar-refractivity contribution in [3.63, 3.8) is 0 Å². The second-order valence-corrected chi connectivity index (χ2v) is 6.37. The third-order valence-corrected chi connectivity index (χ3v) is 4.33. The van der Waals surface area contributed by atoms with Gasteiger partial charge in [-0.05, 0) is 36.4 Å². The summed E-state index contributed by atoms with van der Waals surface area (Å²) in [7, 11) is 0. The van der Waals surface area contributed by atoms with E-state index in [1.165, 1.54) is 11.8 Å². The van der Waals surface area contributed by atoms with Crippen molar-refractivity contribution < 1.29 is 9.53 Å². The minimum atomic E-state index is 0.0633. The molecule has 1 fully saturated rings. The summed E-state index contributed by atoms with van der Waals surface area (Å²) in [5.74, 6) is 0.359. The van der Waals surface area contributed by atoms with Crippen LogP contribution in [0, 0.1) is 0 Å². The maximum absolute atomic E-state index is 12.4. The Bertz CT molecular complexity index is 654. The number of hydrogen-bond donors (Lipinski definition) is 0. The maximum Gasteiger partial charge on any atom is 0.233 e. The largest absolute Gasteiger partial charge is 0.372 e. The molecule has 2 atom stereocenters. The molecule has 0 aromatic carbocycles. The molecule has 0 saturated carbocycles. The fourth-order valence-corrected chi connectivity index (χ4v) is 3.30. The fourth-order valence-electron chi connectivity index (χ4n) is 2.51. The standard InChI is InChI=1S/C14H18N6O2S/c1-10-7-19(8-11(2)22-10)13(21)9-23-14-16-17-18-20(14)12-4-3-5-15-6-12/h3-6,10-11H,7-9H2,1-2H3. The molecule has 0 spiro atoms. The normalized spacial score (nSPS) is 21.4. The van der Waals surface area contributed by atoms with Crippen molar-refractivity contribution in [1.29, 1.82) is 0 Å². The molecule has 23 heavy (non-hydrogen) atoms. The molecule has 0 N–H and O–H groups in total. The predicted molar refractivity (Wildman–Crippen MR) is 84.3 cm³/mol. The average molecular weight is 334 g/mol. The van der Waals surface area contributed by atoms with Gasteiger partial charge in [-0.3, -0.25) is 9.78 Å². The minimum Gasteiger partial charge on any atom is -0.372 e. The van der Waals surface area contributed by atoms with Gasteiger partial charge in [0.15, 0.2) is 0 Å². The molecule has 8 nitrogen and oxygen atoms in total. The molecule has 1 saturated heterocycles. The van der Waals surface area contributed by atoms with Crippen LogP contribution in [-0.2, 0) is 9.53 Å². The number of thioether (sulfide) groups is 1. The molecule has 2 unspecified atom stereocenters. The van der Waals surface area contributed by atoms with Gasteiger partial charge in [0.1, 0.15) is 0 Å². The van der Waals surface area contributed by atoms with E-state index in [2.05, 4.69) is 20.5 Å². The van der Waals surface area contributed by atoms with Gasteiger partial charge >= 0.3 is 0 Å². The number of carbonyl (C=O) groups excluding carboxylic acids is 1. The van der Waals surface area contributed by atoms with Crippen molar-refractivity contribution in [1.82, 2.24) is 30.1 Å². The Hall–Kier alpha value is -2.00. The molecule has 122 valence electrons. The van der Waals surface area contributed by atoms with Gasteiger partial charge in [-0.25, -0.2) is 0 Å². The van der Waals surface area contributed by atoms with Crippen LogP contribution >= 0.6 is 11.8 Å². The summed E-state index contributed by atoms with van der Waals surface area (Å²) in [4.78, 5) is 18.3. The van der Waals surface area contributed by atoms with Gasteiger partial charge in [-0.15, -0.1) is 5.10 Å². The van der Waals surface area contributed by atoms with Crippen molar-refractivity contribution in [2.45, 2.75) is 31.2 Å². The van der Waals surface area contributed by atoms with Crippen LogP contribution in [0.1, 0.15) is 13.8 Å². The number of morpholine rings is 1. The van der Waals surface area contributed by atoms with Gasteiger partial charge in [0.2, 0.25) is 11.1 Å². The number of amides is 1. The van der Waals surface area contributed by atoms with E-state index in [0.29, 0.717) is 24.0 Å². The van der Waals surface area contributed by atoms with Gasteiger partial charge in [-0.1, -0.05) is 11.8 Å². The van der Waals surface area contributed by atoms with Crippen LogP contribution in [0.5, 0.6) is 0 Å². The van der Waals surface area contributed by atoms with E-state index < -0.39 is 0 Å². The number of pyridine rings is 1. The first-order valence-electron chi connectivity index (χ1n) is 7.38. The highest BCUT2D eigenvalue weighted by atomic mass is 32.2. The lowest BCUT2D eigenvalue weighted by molar-refractivity contribution is -0.140. The monoisotopic (exact) mass is 334 g/mol. The molecule has 3 rings (SSSR count). The molecule has 1 amide bonds. The molecular formula is C14H18N6O2S. The molecule has 1 aliphatic rings. The summed E-state index contributed by atoms with van der Waals surface area (Å²) in [5, 5.41) is 12.2. The van der Waals surface area contributed by atoms with Crippen LogP contribution in [0.4, 0.5) is 0 Å². The quantitative estimate of drug-likeness (QED) is 0.764. The van der Waals surface area contributed by atoms with Crippen molar-refractivity contribution in [3.05, 3.63) is 24.5 Å². The first-order chi connectivity index (χ1) is 11.1. The molecule has 1 aliphatic heterocycles. The van der Waals surface area contributed by atoms with Crippen LogP contribution in [0.25, 0.3) is 5.69 Å². The summed E-state index contributed by atoms with van der Waals surface area (Å²) in [6.45, 7) is 5.20. The lowest BCUT2D eigenvalue weighted by atomic mass is 10.2. The molecule has 2 aromatic heterocycles. The van der Waals surface area contributed by atoms with Gasteiger partial charge in [0.05, 0.1) is 29.8 Å². The van der Waals surface area contributed by atoms with E-state index >= 15 is 0 Å². The third kappa shape index (κ3) is 3.85. The zero-order chi connectivity index (χ0) is 16.2. The van der Waals surface area contributed by atoms with Gasteiger partial charge in [-0.2, -0.15) is 4.68 Å². The van der Waals surface area contributed by atoms with Crippen LogP contribution in [0.3, 0.4) is 0 Å². The zero-order valence-electron chi connectivity index (χ0n) is 13.0. The Morgan fingerprint density at radius 3 is 2.87 bits per heavy atom. The maximum atomic E-state index is 12.4. The highest BCUT2D eigenvalue weighted by Gasteiger charge is 2.26. The Morgan fingerprint density at radius 1 is 1.39 bits per heavy atom. The third-order valence-electron chi connectivity index (χ3n) is 3.43. The number of ether oxygens (including phenoxy) is 1. The van der Waals surface area contributed by atoms with E-state index in [4.69, 9.17) is 4.74 Å². The average Bonchev–Trinajstić information content (AvgIpc) is 3.01. The van der Waals surface area contributed by atoms with Gasteiger partial charge < -0.3 is 9.64 Å². The van der Waals surface area contributed by atoms with Crippen molar-refractivity contribution in [3.8, 4) is 5.69 Å². The summed E-state index contributed by atoms with van der Waals surface area (Å²) in [5.41, 5.74) is 0.765. The first-order valence-corrected chi connectivity index (χ1v) is 8.37. The number of hydrogen-bond acceptors (Lipinski definition) is 7. The first kappa shape index (κ1) is 15.9. The number of rotatable bonds is 4. The fraction of sp³-hybridized carbons (Fsp3) is 0.500. The molecule has 0 aliphatic carbocycles. The summed E-state index contributed by atoms with van der Waals surface area (Å²) in [6, 6.07) is 3.67. The van der Waals surface area contributed by atoms with E-state index in [0.717, 1.165) is 5.69 Å². The summed E-state index contributed by atoms with van der Waals surface area (Å²) >= 11 is 1.32. The SMILES string of the molecule is CC1CN(C(=O)CSc2nnnn2-c2cccnc2)CC(C)O1. The Labute approximate surface area is 138 Å². The van der Waals surface area contributed by atoms with Crippen LogP contribution < -0.4 is 0 Å². The number of aromatic nitrogens is 5. The second kappa shape index (κ2) is 7.05. The highest BCUT2D eigenvalue weighted by molar-refractivity contribution is 7.99. The number of nitrogens with zero attached hydrogens (tertiary/aromatic N) is 6. The lowest BCUT2D eigenvalue weighted by Crippen LogP contribution is -2.48. The Kier molecular flexibility index (Phi) is 4.87. The molecule has 9 heteroatoms. The molecule has 0 bridgehead atoms. The van der Waals surface area contributed by atoms with Gasteiger partial charge in [0.25, 0.3) is 0 Å². The molecule has 2 aromatic rings. The van der Waals surface area contributed by atoms with E-state index in [1.807, 2.05) is 30.9 Å². The molecular weight excluding hydrogens is 316 g/mol. The smallest absolute Gasteiger partial charge is 0.233 e. The van der Waals surface area contributed by atoms with Crippen molar-refractivity contribution >= 4 is 17.7 Å². The topological polar surface area (TPSA) is 86.0 Å². The zero-order valence-corrected chi connectivity index (χ0v) is 13.8. The lowest BCUT2D eigenvalue weighted by Gasteiger charge is -2.35. The molecule has 3 heterocycles. The van der Waals surface area contributed by atoms with Crippen LogP contribution in [-0.4, -0.2) is 67.0 Å². The summed E-state index contributed by atoms with van der Waals surface area (Å²) < 4.78 is 7.23. The van der Waals surface area contributed by atoms with E-state index in [9.17, 15) is 4.79 Å².